The molecule has 6 heteroatoms. The Bertz CT molecular complexity index is 1030. The lowest BCUT2D eigenvalue weighted by atomic mass is 9.94. The maximum atomic E-state index is 14.1. The zero-order valence-corrected chi connectivity index (χ0v) is 14.9. The monoisotopic (exact) mass is 367 g/mol. The quantitative estimate of drug-likeness (QED) is 0.706. The van der Waals surface area contributed by atoms with E-state index >= 15 is 0 Å². The zero-order chi connectivity index (χ0) is 19.0. The van der Waals surface area contributed by atoms with Gasteiger partial charge in [-0.15, -0.1) is 0 Å². The number of halogens is 2. The summed E-state index contributed by atoms with van der Waals surface area (Å²) < 4.78 is 29.5. The lowest BCUT2D eigenvalue weighted by Crippen LogP contribution is -2.39. The minimum atomic E-state index is -0.704. The summed E-state index contributed by atoms with van der Waals surface area (Å²) >= 11 is 0. The van der Waals surface area contributed by atoms with Gasteiger partial charge in [-0.3, -0.25) is 4.79 Å². The van der Waals surface area contributed by atoms with Crippen LogP contribution in [0.2, 0.25) is 0 Å². The Morgan fingerprint density at radius 2 is 1.78 bits per heavy atom. The van der Waals surface area contributed by atoms with Gasteiger partial charge in [0.05, 0.1) is 11.3 Å². The molecule has 0 N–H and O–H groups in total. The van der Waals surface area contributed by atoms with Gasteiger partial charge in [-0.05, 0) is 42.2 Å². The summed E-state index contributed by atoms with van der Waals surface area (Å²) in [5, 5.41) is 4.24. The van der Waals surface area contributed by atoms with Crippen LogP contribution in [0.15, 0.2) is 59.4 Å². The first-order chi connectivity index (χ1) is 13.0. The number of anilines is 1. The van der Waals surface area contributed by atoms with Crippen LogP contribution in [-0.2, 0) is 13.1 Å². The first-order valence-electron chi connectivity index (χ1n) is 8.88. The van der Waals surface area contributed by atoms with Crippen LogP contribution in [0.3, 0.4) is 0 Å². The average Bonchev–Trinajstić information content (AvgIpc) is 2.64. The van der Waals surface area contributed by atoms with Gasteiger partial charge in [-0.2, -0.15) is 5.10 Å². The molecule has 0 fully saturated rings. The minimum absolute atomic E-state index is 0.101. The molecule has 0 radical (unpaired) electrons. The van der Waals surface area contributed by atoms with E-state index in [1.165, 1.54) is 40.6 Å². The molecule has 1 atom stereocenters. The third kappa shape index (κ3) is 3.35. The van der Waals surface area contributed by atoms with Gasteiger partial charge in [-0.25, -0.2) is 13.5 Å². The molecular formula is C21H19F2N3O. The highest BCUT2D eigenvalue weighted by Gasteiger charge is 2.22. The predicted octanol–water partition coefficient (Wildman–Crippen LogP) is 3.84. The van der Waals surface area contributed by atoms with Crippen molar-refractivity contribution in [2.75, 3.05) is 11.4 Å². The van der Waals surface area contributed by atoms with E-state index in [1.54, 1.807) is 0 Å². The molecule has 1 aliphatic heterocycles. The highest BCUT2D eigenvalue weighted by atomic mass is 19.1. The first kappa shape index (κ1) is 17.4. The molecule has 0 aliphatic carbocycles. The largest absolute Gasteiger partial charge is 0.351 e. The van der Waals surface area contributed by atoms with Crippen LogP contribution < -0.4 is 10.5 Å². The molecule has 0 saturated heterocycles. The van der Waals surface area contributed by atoms with E-state index < -0.39 is 11.6 Å². The van der Waals surface area contributed by atoms with Crippen LogP contribution in [0.5, 0.6) is 0 Å². The van der Waals surface area contributed by atoms with E-state index in [2.05, 4.69) is 23.0 Å². The summed E-state index contributed by atoms with van der Waals surface area (Å²) in [7, 11) is 0. The molecule has 2 heterocycles. The summed E-state index contributed by atoms with van der Waals surface area (Å²) in [6.45, 7) is 3.16. The Morgan fingerprint density at radius 1 is 1.04 bits per heavy atom. The fourth-order valence-electron chi connectivity index (χ4n) is 3.63. The molecule has 138 valence electrons. The second kappa shape index (κ2) is 6.95. The number of fused-ring (bicyclic) bond motifs is 1. The van der Waals surface area contributed by atoms with Crippen LogP contribution in [-0.4, -0.2) is 16.3 Å². The lowest BCUT2D eigenvalue weighted by molar-refractivity contribution is 0.470. The van der Waals surface area contributed by atoms with Crippen LogP contribution in [0.4, 0.5) is 14.5 Å². The maximum absolute atomic E-state index is 14.1. The van der Waals surface area contributed by atoms with Crippen LogP contribution >= 0.6 is 0 Å². The summed E-state index contributed by atoms with van der Waals surface area (Å²) in [5.74, 6) is -0.975. The molecule has 4 rings (SSSR count). The average molecular weight is 367 g/mol. The van der Waals surface area contributed by atoms with E-state index in [4.69, 9.17) is 0 Å². The number of hydrogen-bond acceptors (Lipinski definition) is 3. The Balaban J connectivity index is 1.73. The van der Waals surface area contributed by atoms with Gasteiger partial charge in [0.1, 0.15) is 18.3 Å². The summed E-state index contributed by atoms with van der Waals surface area (Å²) in [5.41, 5.74) is 1.85. The lowest BCUT2D eigenvalue weighted by Gasteiger charge is -2.34. The van der Waals surface area contributed by atoms with Gasteiger partial charge in [0.25, 0.3) is 5.56 Å². The van der Waals surface area contributed by atoms with Gasteiger partial charge >= 0.3 is 0 Å². The van der Waals surface area contributed by atoms with Gasteiger partial charge in [0.15, 0.2) is 0 Å². The highest BCUT2D eigenvalue weighted by Crippen LogP contribution is 2.29. The highest BCUT2D eigenvalue weighted by molar-refractivity contribution is 5.60. The number of para-hydroxylation sites is 1. The van der Waals surface area contributed by atoms with Crippen molar-refractivity contribution >= 4 is 5.69 Å². The molecular weight excluding hydrogens is 348 g/mol. The van der Waals surface area contributed by atoms with Crippen LogP contribution in [0.1, 0.15) is 12.5 Å². The Hall–Kier alpha value is -3.02. The van der Waals surface area contributed by atoms with Gasteiger partial charge in [-0.1, -0.05) is 31.2 Å². The van der Waals surface area contributed by atoms with Crippen LogP contribution in [0.25, 0.3) is 11.3 Å². The molecule has 1 aliphatic rings. The smallest absolute Gasteiger partial charge is 0.268 e. The van der Waals surface area contributed by atoms with E-state index in [0.29, 0.717) is 5.92 Å². The van der Waals surface area contributed by atoms with E-state index in [-0.39, 0.29) is 23.5 Å². The molecule has 0 bridgehead atoms. The van der Waals surface area contributed by atoms with Crippen molar-refractivity contribution in [1.29, 1.82) is 0 Å². The number of hydrogen-bond donors (Lipinski definition) is 0. The Morgan fingerprint density at radius 3 is 2.56 bits per heavy atom. The second-order valence-corrected chi connectivity index (χ2v) is 6.95. The molecule has 0 saturated carbocycles. The molecule has 1 aromatic heterocycles. The van der Waals surface area contributed by atoms with Crippen molar-refractivity contribution in [3.63, 3.8) is 0 Å². The zero-order valence-electron chi connectivity index (χ0n) is 14.9. The Labute approximate surface area is 155 Å². The molecule has 2 aromatic carbocycles. The topological polar surface area (TPSA) is 38.1 Å². The molecule has 27 heavy (non-hydrogen) atoms. The van der Waals surface area contributed by atoms with Gasteiger partial charge in [0, 0.05) is 18.3 Å². The van der Waals surface area contributed by atoms with Crippen molar-refractivity contribution in [3.05, 3.63) is 82.1 Å². The molecule has 0 amide bonds. The number of aromatic nitrogens is 2. The van der Waals surface area contributed by atoms with E-state index in [1.807, 2.05) is 18.2 Å². The minimum Gasteiger partial charge on any atom is -0.351 e. The number of rotatable bonds is 3. The van der Waals surface area contributed by atoms with Gasteiger partial charge in [0.2, 0.25) is 0 Å². The normalized spacial score (nSPS) is 16.3. The molecule has 0 spiro atoms. The summed E-state index contributed by atoms with van der Waals surface area (Å²) in [4.78, 5) is 14.4. The van der Waals surface area contributed by atoms with Crippen molar-refractivity contribution in [1.82, 2.24) is 9.78 Å². The van der Waals surface area contributed by atoms with Crippen molar-refractivity contribution in [2.45, 2.75) is 20.0 Å². The SMILES string of the molecule is CC1Cc2ccccc2N(Cn2nc(-c3c(F)cccc3F)ccc2=O)C1. The predicted molar refractivity (Wildman–Crippen MR) is 101 cm³/mol. The van der Waals surface area contributed by atoms with E-state index in [0.717, 1.165) is 18.7 Å². The summed E-state index contributed by atoms with van der Waals surface area (Å²) in [6, 6.07) is 14.4. The fourth-order valence-corrected chi connectivity index (χ4v) is 3.63. The maximum Gasteiger partial charge on any atom is 0.268 e. The Kier molecular flexibility index (Phi) is 4.48. The third-order valence-electron chi connectivity index (χ3n) is 4.82. The van der Waals surface area contributed by atoms with Crippen molar-refractivity contribution in [3.8, 4) is 11.3 Å². The summed E-state index contributed by atoms with van der Waals surface area (Å²) in [6.07, 6.45) is 0.982. The van der Waals surface area contributed by atoms with Gasteiger partial charge < -0.3 is 4.90 Å². The standard InChI is InChI=1S/C21H19F2N3O/c1-14-11-15-5-2-3-8-19(15)25(12-14)13-26-20(27)10-9-18(24-26)21-16(22)6-4-7-17(21)23/h2-10,14H,11-13H2,1H3. The molecule has 3 aromatic rings. The first-order valence-corrected chi connectivity index (χ1v) is 8.88. The molecule has 4 nitrogen and oxygen atoms in total. The number of benzene rings is 2. The van der Waals surface area contributed by atoms with Crippen molar-refractivity contribution in [2.24, 2.45) is 5.92 Å². The second-order valence-electron chi connectivity index (χ2n) is 6.95. The molecule has 1 unspecified atom stereocenters. The fraction of sp³-hybridized carbons (Fsp3) is 0.238. The van der Waals surface area contributed by atoms with Crippen LogP contribution in [0, 0.1) is 17.6 Å². The van der Waals surface area contributed by atoms with E-state index in [9.17, 15) is 13.6 Å². The third-order valence-corrected chi connectivity index (χ3v) is 4.82. The number of nitrogens with zero attached hydrogens (tertiary/aromatic N) is 3. The van der Waals surface area contributed by atoms with Crippen molar-refractivity contribution < 1.29 is 8.78 Å².